The summed E-state index contributed by atoms with van der Waals surface area (Å²) in [7, 11) is 0. The van der Waals surface area contributed by atoms with E-state index in [-0.39, 0.29) is 5.91 Å². The van der Waals surface area contributed by atoms with Crippen molar-refractivity contribution in [2.45, 2.75) is 30.5 Å². The van der Waals surface area contributed by atoms with E-state index in [1.165, 1.54) is 25.7 Å². The second-order valence-corrected chi connectivity index (χ2v) is 6.31. The second kappa shape index (κ2) is 6.72. The normalized spacial score (nSPS) is 22.5. The average Bonchev–Trinajstić information content (AvgIpc) is 2.46. The summed E-state index contributed by atoms with van der Waals surface area (Å²) in [5.41, 5.74) is 1.19. The van der Waals surface area contributed by atoms with E-state index >= 15 is 0 Å². The minimum atomic E-state index is -0.0505. The Balaban J connectivity index is 1.82. The third-order valence-electron chi connectivity index (χ3n) is 3.60. The molecule has 19 heavy (non-hydrogen) atoms. The molecule has 0 aliphatic heterocycles. The largest absolute Gasteiger partial charge is 0.352 e. The minimum Gasteiger partial charge on any atom is -0.352 e. The maximum absolute atomic E-state index is 11.9. The van der Waals surface area contributed by atoms with Crippen LogP contribution in [-0.4, -0.2) is 17.3 Å². The minimum absolute atomic E-state index is 0.0505. The number of carbonyl (C=O) groups excluding carboxylic acids is 1. The number of halogens is 1. The van der Waals surface area contributed by atoms with Gasteiger partial charge in [-0.2, -0.15) is 5.26 Å². The standard InChI is InChI=1S/C15H17BrN2O/c16-14-7-3-12(4-8-14)10-18-15(19)13-5-1-11(9-17)2-6-13/h1-2,5-6,12,14H,3-4,7-8,10H2,(H,18,19). The molecule has 2 rings (SSSR count). The first-order valence-corrected chi connectivity index (χ1v) is 7.53. The van der Waals surface area contributed by atoms with E-state index in [4.69, 9.17) is 5.26 Å². The number of nitrogens with one attached hydrogen (secondary N) is 1. The van der Waals surface area contributed by atoms with Crippen LogP contribution in [0.1, 0.15) is 41.6 Å². The third-order valence-corrected chi connectivity index (χ3v) is 4.52. The lowest BCUT2D eigenvalue weighted by atomic mass is 9.89. The van der Waals surface area contributed by atoms with Gasteiger partial charge < -0.3 is 5.32 Å². The average molecular weight is 321 g/mol. The lowest BCUT2D eigenvalue weighted by Gasteiger charge is -2.25. The Morgan fingerprint density at radius 2 is 1.89 bits per heavy atom. The molecule has 100 valence electrons. The Morgan fingerprint density at radius 1 is 1.26 bits per heavy atom. The number of amides is 1. The number of nitriles is 1. The first kappa shape index (κ1) is 14.1. The number of carbonyl (C=O) groups is 1. The topological polar surface area (TPSA) is 52.9 Å². The molecule has 0 radical (unpaired) electrons. The summed E-state index contributed by atoms with van der Waals surface area (Å²) in [5.74, 6) is 0.543. The van der Waals surface area contributed by atoms with Gasteiger partial charge in [0.2, 0.25) is 0 Å². The van der Waals surface area contributed by atoms with Crippen LogP contribution in [0.15, 0.2) is 24.3 Å². The lowest BCUT2D eigenvalue weighted by Crippen LogP contribution is -2.31. The molecule has 0 unspecified atom stereocenters. The van der Waals surface area contributed by atoms with Crippen molar-refractivity contribution in [1.29, 1.82) is 5.26 Å². The van der Waals surface area contributed by atoms with Crippen molar-refractivity contribution in [2.24, 2.45) is 5.92 Å². The van der Waals surface area contributed by atoms with Crippen molar-refractivity contribution >= 4 is 21.8 Å². The fourth-order valence-corrected chi connectivity index (χ4v) is 2.89. The Morgan fingerprint density at radius 3 is 2.47 bits per heavy atom. The fraction of sp³-hybridized carbons (Fsp3) is 0.467. The molecule has 0 spiro atoms. The Hall–Kier alpha value is -1.34. The molecular formula is C15H17BrN2O. The van der Waals surface area contributed by atoms with Gasteiger partial charge in [0.25, 0.3) is 5.91 Å². The van der Waals surface area contributed by atoms with Crippen molar-refractivity contribution in [3.05, 3.63) is 35.4 Å². The number of benzene rings is 1. The van der Waals surface area contributed by atoms with Crippen molar-refractivity contribution in [3.63, 3.8) is 0 Å². The molecule has 1 saturated carbocycles. The van der Waals surface area contributed by atoms with Crippen LogP contribution in [0.4, 0.5) is 0 Å². The monoisotopic (exact) mass is 320 g/mol. The molecule has 0 heterocycles. The lowest BCUT2D eigenvalue weighted by molar-refractivity contribution is 0.0944. The molecule has 1 fully saturated rings. The number of hydrogen-bond donors (Lipinski definition) is 1. The van der Waals surface area contributed by atoms with Gasteiger partial charge in [0, 0.05) is 16.9 Å². The van der Waals surface area contributed by atoms with Crippen molar-refractivity contribution in [1.82, 2.24) is 5.32 Å². The molecule has 0 aromatic heterocycles. The predicted molar refractivity (Wildman–Crippen MR) is 78.2 cm³/mol. The van der Waals surface area contributed by atoms with Gasteiger partial charge in [-0.3, -0.25) is 4.79 Å². The molecule has 0 saturated heterocycles. The predicted octanol–water partition coefficient (Wildman–Crippen LogP) is 3.24. The maximum atomic E-state index is 11.9. The van der Waals surface area contributed by atoms with Crippen LogP contribution in [-0.2, 0) is 0 Å². The van der Waals surface area contributed by atoms with Crippen LogP contribution >= 0.6 is 15.9 Å². The highest BCUT2D eigenvalue weighted by atomic mass is 79.9. The van der Waals surface area contributed by atoms with Gasteiger partial charge in [0.1, 0.15) is 0 Å². The van der Waals surface area contributed by atoms with Gasteiger partial charge >= 0.3 is 0 Å². The zero-order chi connectivity index (χ0) is 13.7. The molecule has 1 N–H and O–H groups in total. The van der Waals surface area contributed by atoms with E-state index in [1.807, 2.05) is 6.07 Å². The molecule has 3 nitrogen and oxygen atoms in total. The molecule has 0 atom stereocenters. The Labute approximate surface area is 122 Å². The molecule has 0 bridgehead atoms. The summed E-state index contributed by atoms with van der Waals surface area (Å²) in [5, 5.41) is 11.7. The highest BCUT2D eigenvalue weighted by Crippen LogP contribution is 2.28. The number of nitrogens with zero attached hydrogens (tertiary/aromatic N) is 1. The summed E-state index contributed by atoms with van der Waals surface area (Å²) < 4.78 is 0. The molecule has 1 aliphatic rings. The highest BCUT2D eigenvalue weighted by Gasteiger charge is 2.19. The van der Waals surface area contributed by atoms with E-state index in [9.17, 15) is 4.79 Å². The molecule has 1 amide bonds. The molecule has 4 heteroatoms. The number of rotatable bonds is 3. The number of alkyl halides is 1. The molecule has 1 aliphatic carbocycles. The van der Waals surface area contributed by atoms with Crippen molar-refractivity contribution in [2.75, 3.05) is 6.54 Å². The molecule has 1 aromatic rings. The van der Waals surface area contributed by atoms with Gasteiger partial charge in [-0.15, -0.1) is 0 Å². The quantitative estimate of drug-likeness (QED) is 0.869. The van der Waals surface area contributed by atoms with E-state index in [0.29, 0.717) is 21.9 Å². The molecular weight excluding hydrogens is 304 g/mol. The first-order chi connectivity index (χ1) is 9.19. The van der Waals surface area contributed by atoms with Gasteiger partial charge in [0.05, 0.1) is 11.6 Å². The van der Waals surface area contributed by atoms with Gasteiger partial charge in [-0.25, -0.2) is 0 Å². The van der Waals surface area contributed by atoms with Crippen LogP contribution in [0.25, 0.3) is 0 Å². The van der Waals surface area contributed by atoms with E-state index < -0.39 is 0 Å². The summed E-state index contributed by atoms with van der Waals surface area (Å²) in [6.45, 7) is 0.749. The van der Waals surface area contributed by atoms with Crippen LogP contribution in [0.5, 0.6) is 0 Å². The SMILES string of the molecule is N#Cc1ccc(C(=O)NCC2CCC(Br)CC2)cc1. The van der Waals surface area contributed by atoms with E-state index in [0.717, 1.165) is 6.54 Å². The zero-order valence-electron chi connectivity index (χ0n) is 10.7. The highest BCUT2D eigenvalue weighted by molar-refractivity contribution is 9.09. The van der Waals surface area contributed by atoms with Crippen molar-refractivity contribution in [3.8, 4) is 6.07 Å². The van der Waals surface area contributed by atoms with E-state index in [1.54, 1.807) is 24.3 Å². The molecule has 1 aromatic carbocycles. The first-order valence-electron chi connectivity index (χ1n) is 6.61. The summed E-state index contributed by atoms with van der Waals surface area (Å²) in [4.78, 5) is 12.6. The van der Waals surface area contributed by atoms with Crippen LogP contribution in [0.3, 0.4) is 0 Å². The summed E-state index contributed by atoms with van der Waals surface area (Å²) in [6, 6.07) is 8.78. The maximum Gasteiger partial charge on any atom is 0.251 e. The Kier molecular flexibility index (Phi) is 4.98. The van der Waals surface area contributed by atoms with Gasteiger partial charge in [0.15, 0.2) is 0 Å². The van der Waals surface area contributed by atoms with E-state index in [2.05, 4.69) is 21.2 Å². The number of hydrogen-bond acceptors (Lipinski definition) is 2. The van der Waals surface area contributed by atoms with Crippen molar-refractivity contribution < 1.29 is 4.79 Å². The second-order valence-electron chi connectivity index (χ2n) is 5.02. The van der Waals surface area contributed by atoms with Gasteiger partial charge in [-0.05, 0) is 55.9 Å². The zero-order valence-corrected chi connectivity index (χ0v) is 12.3. The summed E-state index contributed by atoms with van der Waals surface area (Å²) in [6.07, 6.45) is 4.72. The van der Waals surface area contributed by atoms with Gasteiger partial charge in [-0.1, -0.05) is 15.9 Å². The third kappa shape index (κ3) is 4.07. The summed E-state index contributed by atoms with van der Waals surface area (Å²) >= 11 is 3.63. The van der Waals surface area contributed by atoms with Crippen LogP contribution < -0.4 is 5.32 Å². The Bertz CT molecular complexity index is 470. The fourth-order valence-electron chi connectivity index (χ4n) is 2.36. The van der Waals surface area contributed by atoms with Crippen LogP contribution in [0.2, 0.25) is 0 Å². The smallest absolute Gasteiger partial charge is 0.251 e. The van der Waals surface area contributed by atoms with Crippen LogP contribution in [0, 0.1) is 17.2 Å².